The molecule has 26 heavy (non-hydrogen) atoms. The van der Waals surface area contributed by atoms with Crippen LogP contribution in [0.4, 0.5) is 0 Å². The van der Waals surface area contributed by atoms with Gasteiger partial charge in [-0.2, -0.15) is 5.10 Å². The van der Waals surface area contributed by atoms with E-state index in [1.54, 1.807) is 24.3 Å². The van der Waals surface area contributed by atoms with Gasteiger partial charge in [0.25, 0.3) is 0 Å². The molecule has 0 saturated heterocycles. The molecule has 0 fully saturated rings. The van der Waals surface area contributed by atoms with Gasteiger partial charge in [0.2, 0.25) is 0 Å². The Morgan fingerprint density at radius 3 is 2.58 bits per heavy atom. The van der Waals surface area contributed by atoms with E-state index in [1.807, 2.05) is 31.2 Å². The summed E-state index contributed by atoms with van der Waals surface area (Å²) in [5.41, 5.74) is 3.85. The molecule has 7 heteroatoms. The first-order chi connectivity index (χ1) is 12.6. The van der Waals surface area contributed by atoms with Gasteiger partial charge in [-0.15, -0.1) is 0 Å². The van der Waals surface area contributed by atoms with Gasteiger partial charge in [-0.1, -0.05) is 42.8 Å². The minimum Gasteiger partial charge on any atom is -0.488 e. The summed E-state index contributed by atoms with van der Waals surface area (Å²) in [6.07, 6.45) is 2.18. The van der Waals surface area contributed by atoms with Crippen molar-refractivity contribution < 1.29 is 14.3 Å². The van der Waals surface area contributed by atoms with Gasteiger partial charge in [-0.3, -0.25) is 9.59 Å². The maximum atomic E-state index is 11.6. The second-order valence-electron chi connectivity index (χ2n) is 5.41. The number of ether oxygens (including phenoxy) is 1. The molecule has 136 valence electrons. The maximum absolute atomic E-state index is 11.6. The van der Waals surface area contributed by atoms with Gasteiger partial charge < -0.3 is 10.1 Å². The van der Waals surface area contributed by atoms with Crippen LogP contribution < -0.4 is 15.5 Å². The molecule has 0 aliphatic carbocycles. The van der Waals surface area contributed by atoms with Crippen LogP contribution in [0, 0.1) is 0 Å². The fourth-order valence-electron chi connectivity index (χ4n) is 1.99. The van der Waals surface area contributed by atoms with Gasteiger partial charge in [0, 0.05) is 17.1 Å². The number of benzene rings is 2. The van der Waals surface area contributed by atoms with E-state index < -0.39 is 11.8 Å². The SMILES string of the molecule is CCCNC(=O)C(=O)N/N=C\c1ccccc1OCc1ccc(Cl)cc1. The van der Waals surface area contributed by atoms with E-state index in [4.69, 9.17) is 16.3 Å². The maximum Gasteiger partial charge on any atom is 0.329 e. The molecule has 0 aromatic heterocycles. The predicted molar refractivity (Wildman–Crippen MR) is 101 cm³/mol. The van der Waals surface area contributed by atoms with E-state index in [0.29, 0.717) is 29.5 Å². The number of rotatable bonds is 7. The Kier molecular flexibility index (Phi) is 7.64. The van der Waals surface area contributed by atoms with E-state index in [9.17, 15) is 9.59 Å². The van der Waals surface area contributed by atoms with Crippen LogP contribution in [0.15, 0.2) is 53.6 Å². The Bertz CT molecular complexity index is 776. The first kappa shape index (κ1) is 19.5. The summed E-state index contributed by atoms with van der Waals surface area (Å²) in [5, 5.41) is 6.96. The number of hydrogen-bond acceptors (Lipinski definition) is 4. The summed E-state index contributed by atoms with van der Waals surface area (Å²) in [6.45, 7) is 2.71. The summed E-state index contributed by atoms with van der Waals surface area (Å²) in [7, 11) is 0. The largest absolute Gasteiger partial charge is 0.488 e. The smallest absolute Gasteiger partial charge is 0.329 e. The van der Waals surface area contributed by atoms with Gasteiger partial charge in [0.1, 0.15) is 12.4 Å². The van der Waals surface area contributed by atoms with Crippen LogP contribution >= 0.6 is 11.6 Å². The van der Waals surface area contributed by atoms with Crippen LogP contribution in [0.5, 0.6) is 5.75 Å². The number of nitrogens with zero attached hydrogens (tertiary/aromatic N) is 1. The molecule has 6 nitrogen and oxygen atoms in total. The zero-order valence-electron chi connectivity index (χ0n) is 14.4. The minimum absolute atomic E-state index is 0.369. The van der Waals surface area contributed by atoms with Gasteiger partial charge in [0.15, 0.2) is 0 Å². The van der Waals surface area contributed by atoms with Gasteiger partial charge in [0.05, 0.1) is 6.21 Å². The van der Waals surface area contributed by atoms with E-state index in [-0.39, 0.29) is 0 Å². The minimum atomic E-state index is -0.811. The van der Waals surface area contributed by atoms with E-state index in [2.05, 4.69) is 15.8 Å². The normalized spacial score (nSPS) is 10.5. The molecular formula is C19H20ClN3O3. The lowest BCUT2D eigenvalue weighted by atomic mass is 10.2. The number of halogens is 1. The molecule has 0 aliphatic heterocycles. The number of carbonyl (C=O) groups is 2. The zero-order chi connectivity index (χ0) is 18.8. The van der Waals surface area contributed by atoms with Crippen molar-refractivity contribution in [2.24, 2.45) is 5.10 Å². The highest BCUT2D eigenvalue weighted by atomic mass is 35.5. The van der Waals surface area contributed by atoms with Crippen molar-refractivity contribution >= 4 is 29.6 Å². The summed E-state index contributed by atoms with van der Waals surface area (Å²) in [4.78, 5) is 23.0. The predicted octanol–water partition coefficient (Wildman–Crippen LogP) is 2.90. The van der Waals surface area contributed by atoms with E-state index in [0.717, 1.165) is 12.0 Å². The number of carbonyl (C=O) groups excluding carboxylic acids is 2. The average molecular weight is 374 g/mol. The molecular weight excluding hydrogens is 354 g/mol. The van der Waals surface area contributed by atoms with Crippen LogP contribution in [0.25, 0.3) is 0 Å². The average Bonchev–Trinajstić information content (AvgIpc) is 2.66. The van der Waals surface area contributed by atoms with Crippen molar-refractivity contribution in [2.45, 2.75) is 20.0 Å². The van der Waals surface area contributed by atoms with Crippen molar-refractivity contribution in [1.82, 2.24) is 10.7 Å². The van der Waals surface area contributed by atoms with Crippen LogP contribution in [0.1, 0.15) is 24.5 Å². The second kappa shape index (κ2) is 10.2. The number of para-hydroxylation sites is 1. The molecule has 2 amide bonds. The Morgan fingerprint density at radius 1 is 1.12 bits per heavy atom. The third-order valence-electron chi connectivity index (χ3n) is 3.34. The lowest BCUT2D eigenvalue weighted by Gasteiger charge is -2.09. The fraction of sp³-hybridized carbons (Fsp3) is 0.211. The standard InChI is InChI=1S/C19H20ClN3O3/c1-2-11-21-18(24)19(25)23-22-12-15-5-3-4-6-17(15)26-13-14-7-9-16(20)10-8-14/h3-10,12H,2,11,13H2,1H3,(H,21,24)(H,23,25)/b22-12-. The summed E-state index contributed by atoms with van der Waals surface area (Å²) < 4.78 is 5.79. The van der Waals surface area contributed by atoms with Crippen molar-refractivity contribution in [3.05, 3.63) is 64.7 Å². The van der Waals surface area contributed by atoms with Crippen LogP contribution in [0.2, 0.25) is 5.02 Å². The molecule has 0 atom stereocenters. The van der Waals surface area contributed by atoms with Crippen LogP contribution in [-0.4, -0.2) is 24.6 Å². The van der Waals surface area contributed by atoms with Gasteiger partial charge in [-0.05, 0) is 36.2 Å². The lowest BCUT2D eigenvalue weighted by molar-refractivity contribution is -0.139. The first-order valence-corrected chi connectivity index (χ1v) is 8.55. The highest BCUT2D eigenvalue weighted by Crippen LogP contribution is 2.18. The molecule has 2 aromatic carbocycles. The number of amides is 2. The van der Waals surface area contributed by atoms with Gasteiger partial charge in [-0.25, -0.2) is 5.43 Å². The molecule has 0 bridgehead atoms. The van der Waals surface area contributed by atoms with Gasteiger partial charge >= 0.3 is 11.8 Å². The second-order valence-corrected chi connectivity index (χ2v) is 5.84. The Hall–Kier alpha value is -2.86. The monoisotopic (exact) mass is 373 g/mol. The molecule has 0 heterocycles. The first-order valence-electron chi connectivity index (χ1n) is 8.17. The summed E-state index contributed by atoms with van der Waals surface area (Å²) >= 11 is 5.87. The number of nitrogens with one attached hydrogen (secondary N) is 2. The number of hydrogen-bond donors (Lipinski definition) is 2. The van der Waals surface area contributed by atoms with Crippen molar-refractivity contribution in [1.29, 1.82) is 0 Å². The third-order valence-corrected chi connectivity index (χ3v) is 3.59. The Morgan fingerprint density at radius 2 is 1.85 bits per heavy atom. The van der Waals surface area contributed by atoms with Crippen molar-refractivity contribution in [3.63, 3.8) is 0 Å². The summed E-state index contributed by atoms with van der Waals surface area (Å²) in [6, 6.07) is 14.6. The topological polar surface area (TPSA) is 79.8 Å². The number of hydrazone groups is 1. The fourth-order valence-corrected chi connectivity index (χ4v) is 2.12. The highest BCUT2D eigenvalue weighted by molar-refractivity contribution is 6.35. The van der Waals surface area contributed by atoms with Crippen molar-refractivity contribution in [3.8, 4) is 5.75 Å². The quantitative estimate of drug-likeness (QED) is 0.445. The van der Waals surface area contributed by atoms with Crippen LogP contribution in [-0.2, 0) is 16.2 Å². The molecule has 2 N–H and O–H groups in total. The van der Waals surface area contributed by atoms with Crippen molar-refractivity contribution in [2.75, 3.05) is 6.54 Å². The Labute approximate surface area is 157 Å². The molecule has 2 aromatic rings. The molecule has 0 aliphatic rings. The highest BCUT2D eigenvalue weighted by Gasteiger charge is 2.11. The van der Waals surface area contributed by atoms with E-state index >= 15 is 0 Å². The zero-order valence-corrected chi connectivity index (χ0v) is 15.1. The Balaban J connectivity index is 1.94. The third kappa shape index (κ3) is 6.22. The molecule has 0 saturated carbocycles. The molecule has 0 unspecified atom stereocenters. The van der Waals surface area contributed by atoms with E-state index in [1.165, 1.54) is 6.21 Å². The molecule has 0 spiro atoms. The molecule has 2 rings (SSSR count). The van der Waals surface area contributed by atoms with Crippen LogP contribution in [0.3, 0.4) is 0 Å². The molecule has 0 radical (unpaired) electrons. The summed E-state index contributed by atoms with van der Waals surface area (Å²) in [5.74, 6) is -0.915. The lowest BCUT2D eigenvalue weighted by Crippen LogP contribution is -2.38.